The average molecular weight is 304 g/mol. The number of hydrogen-bond acceptors (Lipinski definition) is 2. The Bertz CT molecular complexity index is 326. The number of alkyl halides is 7. The normalized spacial score (nSPS) is 17.6. The van der Waals surface area contributed by atoms with E-state index in [0.29, 0.717) is 0 Å². The molecule has 1 atom stereocenters. The summed E-state index contributed by atoms with van der Waals surface area (Å²) in [5, 5.41) is 0. The van der Waals surface area contributed by atoms with E-state index in [4.69, 9.17) is 0 Å². The van der Waals surface area contributed by atoms with Crippen molar-refractivity contribution in [1.29, 1.82) is 0 Å². The first-order valence-corrected chi connectivity index (χ1v) is 6.74. The van der Waals surface area contributed by atoms with Crippen molar-refractivity contribution in [3.8, 4) is 0 Å². The highest BCUT2D eigenvalue weighted by molar-refractivity contribution is 7.60. The lowest BCUT2D eigenvalue weighted by Gasteiger charge is -2.33. The molecule has 0 aromatic heterocycles. The standard InChI is InChI=1S/C8H12F7O2P/c1-3-5-17-18(16,4-2)8(14,15)6(9,10)7(11,12)13/h3-5H2,1-2H3. The summed E-state index contributed by atoms with van der Waals surface area (Å²) in [4.78, 5) is 0. The lowest BCUT2D eigenvalue weighted by Crippen LogP contribution is -2.52. The van der Waals surface area contributed by atoms with Crippen LogP contribution in [0.1, 0.15) is 20.3 Å². The number of hydrogen-bond donors (Lipinski definition) is 0. The smallest absolute Gasteiger partial charge is 0.324 e. The molecule has 0 bridgehead atoms. The molecule has 0 aliphatic rings. The first kappa shape index (κ1) is 17.7. The minimum atomic E-state index is -6.50. The summed E-state index contributed by atoms with van der Waals surface area (Å²) >= 11 is 0. The predicted octanol–water partition coefficient (Wildman–Crippen LogP) is 4.50. The Hall–Kier alpha value is -0.300. The molecule has 0 aliphatic heterocycles. The van der Waals surface area contributed by atoms with Crippen LogP contribution in [0.3, 0.4) is 0 Å². The summed E-state index contributed by atoms with van der Waals surface area (Å²) in [5.74, 6) is -6.40. The monoisotopic (exact) mass is 304 g/mol. The quantitative estimate of drug-likeness (QED) is 0.533. The fourth-order valence-corrected chi connectivity index (χ4v) is 2.77. The van der Waals surface area contributed by atoms with Crippen LogP contribution in [-0.2, 0) is 9.09 Å². The van der Waals surface area contributed by atoms with E-state index in [0.717, 1.165) is 6.92 Å². The summed E-state index contributed by atoms with van der Waals surface area (Å²) in [6.45, 7) is 1.62. The molecule has 0 aromatic carbocycles. The Morgan fingerprint density at radius 1 is 1.00 bits per heavy atom. The van der Waals surface area contributed by atoms with Crippen molar-refractivity contribution in [2.45, 2.75) is 38.0 Å². The lowest BCUT2D eigenvalue weighted by molar-refractivity contribution is -0.334. The Morgan fingerprint density at radius 2 is 1.44 bits per heavy atom. The van der Waals surface area contributed by atoms with Crippen molar-refractivity contribution in [1.82, 2.24) is 0 Å². The van der Waals surface area contributed by atoms with Crippen molar-refractivity contribution in [2.75, 3.05) is 12.8 Å². The molecule has 0 amide bonds. The second kappa shape index (κ2) is 5.36. The molecule has 0 fully saturated rings. The molecule has 0 heterocycles. The molecule has 0 radical (unpaired) electrons. The zero-order valence-corrected chi connectivity index (χ0v) is 10.4. The van der Waals surface area contributed by atoms with Gasteiger partial charge in [-0.2, -0.15) is 30.7 Å². The zero-order valence-electron chi connectivity index (χ0n) is 9.53. The van der Waals surface area contributed by atoms with Gasteiger partial charge < -0.3 is 4.52 Å². The van der Waals surface area contributed by atoms with Gasteiger partial charge in [-0.05, 0) is 6.42 Å². The van der Waals surface area contributed by atoms with Gasteiger partial charge in [0, 0.05) is 6.16 Å². The van der Waals surface area contributed by atoms with Crippen LogP contribution in [0, 0.1) is 0 Å². The summed E-state index contributed by atoms with van der Waals surface area (Å²) in [7, 11) is -5.44. The SMILES string of the molecule is CCCOP(=O)(CC)C(F)(F)C(F)(F)C(F)(F)F. The van der Waals surface area contributed by atoms with Crippen molar-refractivity contribution in [3.63, 3.8) is 0 Å². The Kier molecular flexibility index (Phi) is 5.28. The third-order valence-corrected chi connectivity index (χ3v) is 4.65. The minimum Gasteiger partial charge on any atom is -0.324 e. The van der Waals surface area contributed by atoms with Gasteiger partial charge in [-0.15, -0.1) is 0 Å². The topological polar surface area (TPSA) is 26.3 Å². The van der Waals surface area contributed by atoms with Gasteiger partial charge in [0.1, 0.15) is 0 Å². The first-order valence-electron chi connectivity index (χ1n) is 4.93. The Labute approximate surface area is 98.9 Å². The van der Waals surface area contributed by atoms with E-state index in [2.05, 4.69) is 4.52 Å². The van der Waals surface area contributed by atoms with Crippen LogP contribution in [0.5, 0.6) is 0 Å². The maximum absolute atomic E-state index is 13.2. The molecule has 0 N–H and O–H groups in total. The summed E-state index contributed by atoms with van der Waals surface area (Å²) in [6.07, 6.45) is -7.57. The average Bonchev–Trinajstić information content (AvgIpc) is 2.23. The van der Waals surface area contributed by atoms with Crippen molar-refractivity contribution >= 4 is 7.37 Å². The molecule has 0 rings (SSSR count). The van der Waals surface area contributed by atoms with E-state index < -0.39 is 37.9 Å². The predicted molar refractivity (Wildman–Crippen MR) is 50.3 cm³/mol. The molecule has 0 saturated carbocycles. The zero-order chi connectivity index (χ0) is 14.8. The lowest BCUT2D eigenvalue weighted by atomic mass is 10.3. The molecule has 10 heteroatoms. The van der Waals surface area contributed by atoms with Crippen molar-refractivity contribution < 1.29 is 39.8 Å². The van der Waals surface area contributed by atoms with Crippen LogP contribution in [0.2, 0.25) is 0 Å². The maximum atomic E-state index is 13.2. The van der Waals surface area contributed by atoms with Gasteiger partial charge in [0.25, 0.3) is 7.37 Å². The third-order valence-electron chi connectivity index (χ3n) is 2.08. The minimum absolute atomic E-state index is 0.0532. The molecule has 0 spiro atoms. The Balaban J connectivity index is 5.52. The molecule has 0 aromatic rings. The van der Waals surface area contributed by atoms with E-state index in [1.54, 1.807) is 0 Å². The number of halogens is 7. The van der Waals surface area contributed by atoms with E-state index in [-0.39, 0.29) is 6.42 Å². The third kappa shape index (κ3) is 2.82. The van der Waals surface area contributed by atoms with Crippen LogP contribution in [-0.4, -0.2) is 30.5 Å². The van der Waals surface area contributed by atoms with Crippen LogP contribution in [0.15, 0.2) is 0 Å². The van der Waals surface area contributed by atoms with Gasteiger partial charge in [-0.3, -0.25) is 4.57 Å². The van der Waals surface area contributed by atoms with E-state index in [1.807, 2.05) is 0 Å². The Morgan fingerprint density at radius 3 is 1.72 bits per heavy atom. The van der Waals surface area contributed by atoms with Gasteiger partial charge in [-0.1, -0.05) is 13.8 Å². The van der Waals surface area contributed by atoms with E-state index >= 15 is 0 Å². The fourth-order valence-electron chi connectivity index (χ4n) is 0.994. The molecule has 1 unspecified atom stereocenters. The largest absolute Gasteiger partial charge is 0.460 e. The molecule has 18 heavy (non-hydrogen) atoms. The van der Waals surface area contributed by atoms with Crippen LogP contribution >= 0.6 is 7.37 Å². The molecule has 0 aliphatic carbocycles. The number of rotatable bonds is 6. The van der Waals surface area contributed by atoms with Crippen LogP contribution in [0.25, 0.3) is 0 Å². The van der Waals surface area contributed by atoms with Gasteiger partial charge in [-0.25, -0.2) is 0 Å². The van der Waals surface area contributed by atoms with Crippen molar-refractivity contribution in [3.05, 3.63) is 0 Å². The van der Waals surface area contributed by atoms with Crippen LogP contribution < -0.4 is 0 Å². The molecular formula is C8H12F7O2P. The first-order chi connectivity index (χ1) is 7.87. The van der Waals surface area contributed by atoms with Gasteiger partial charge in [0.15, 0.2) is 0 Å². The molecule has 0 saturated heterocycles. The van der Waals surface area contributed by atoms with Crippen molar-refractivity contribution in [2.24, 2.45) is 0 Å². The van der Waals surface area contributed by atoms with Gasteiger partial charge in [0.2, 0.25) is 0 Å². The highest BCUT2D eigenvalue weighted by Crippen LogP contribution is 2.68. The van der Waals surface area contributed by atoms with Crippen LogP contribution in [0.4, 0.5) is 30.7 Å². The highest BCUT2D eigenvalue weighted by atomic mass is 31.2. The summed E-state index contributed by atoms with van der Waals surface area (Å²) < 4.78 is 103. The van der Waals surface area contributed by atoms with E-state index in [9.17, 15) is 35.3 Å². The summed E-state index contributed by atoms with van der Waals surface area (Å²) in [6, 6.07) is 0. The van der Waals surface area contributed by atoms with E-state index in [1.165, 1.54) is 6.92 Å². The molecular weight excluding hydrogens is 292 g/mol. The maximum Gasteiger partial charge on any atom is 0.460 e. The second-order valence-corrected chi connectivity index (χ2v) is 6.24. The second-order valence-electron chi connectivity index (χ2n) is 3.44. The molecule has 110 valence electrons. The van der Waals surface area contributed by atoms with Gasteiger partial charge in [0.05, 0.1) is 6.61 Å². The van der Waals surface area contributed by atoms with Gasteiger partial charge >= 0.3 is 17.8 Å². The fraction of sp³-hybridized carbons (Fsp3) is 1.00. The summed E-state index contributed by atoms with van der Waals surface area (Å²) in [5.41, 5.74) is -5.79. The highest BCUT2D eigenvalue weighted by Gasteiger charge is 2.79. The molecule has 2 nitrogen and oxygen atoms in total.